The van der Waals surface area contributed by atoms with Crippen molar-refractivity contribution >= 4 is 43.5 Å². The molecule has 0 unspecified atom stereocenters. The summed E-state index contributed by atoms with van der Waals surface area (Å²) < 4.78 is 5.49. The molecule has 0 spiro atoms. The van der Waals surface area contributed by atoms with Crippen LogP contribution in [-0.4, -0.2) is 102 Å². The van der Waals surface area contributed by atoms with Crippen molar-refractivity contribution in [1.29, 1.82) is 0 Å². The Labute approximate surface area is 322 Å². The van der Waals surface area contributed by atoms with Gasteiger partial charge >= 0.3 is 0 Å². The van der Waals surface area contributed by atoms with Crippen molar-refractivity contribution in [2.24, 2.45) is 0 Å². The zero-order valence-corrected chi connectivity index (χ0v) is 28.7. The van der Waals surface area contributed by atoms with Crippen molar-refractivity contribution in [3.05, 3.63) is 24.3 Å². The summed E-state index contributed by atoms with van der Waals surface area (Å²) in [4.78, 5) is 0. The van der Waals surface area contributed by atoms with Gasteiger partial charge in [0.05, 0.1) is 22.1 Å². The Hall–Kier alpha value is -9.14. The lowest BCUT2D eigenvalue weighted by Crippen LogP contribution is -1.95. The van der Waals surface area contributed by atoms with Gasteiger partial charge in [-0.25, -0.2) is 0 Å². The molecular weight excluding hydrogens is 792 g/mol. The molecule has 0 atom stereocenters. The molecule has 0 aliphatic carbocycles. The zero-order valence-electron chi connectivity index (χ0n) is 28.7. The normalized spacial score (nSPS) is 11.7. The van der Waals surface area contributed by atoms with E-state index >= 15 is 0 Å². The Balaban J connectivity index is 1.63. The number of fused-ring (bicyclic) bond motifs is 5. The first-order valence-corrected chi connectivity index (χ1v) is 16.2. The molecule has 0 fully saturated rings. The van der Waals surface area contributed by atoms with E-state index in [9.17, 15) is 102 Å². The third kappa shape index (κ3) is 4.47. The molecular formula is C38H24O21. The number of hydrogen-bond donors (Lipinski definition) is 20. The van der Waals surface area contributed by atoms with Crippen LogP contribution in [0.5, 0.6) is 115 Å². The van der Waals surface area contributed by atoms with Gasteiger partial charge in [0.1, 0.15) is 0 Å². The van der Waals surface area contributed by atoms with Gasteiger partial charge in [0.25, 0.3) is 0 Å². The van der Waals surface area contributed by atoms with Crippen molar-refractivity contribution in [2.75, 3.05) is 0 Å². The predicted octanol–water partition coefficient (Wildman–Crippen LogP) is 5.01. The Morgan fingerprint density at radius 2 is 0.458 bits per heavy atom. The second-order valence-electron chi connectivity index (χ2n) is 13.1. The lowest BCUT2D eigenvalue weighted by atomic mass is 9.82. The lowest BCUT2D eigenvalue weighted by molar-refractivity contribution is 0.329. The molecule has 302 valence electrons. The molecule has 7 aromatic carbocycles. The minimum atomic E-state index is -1.52. The van der Waals surface area contributed by atoms with Crippen LogP contribution in [0.3, 0.4) is 0 Å². The van der Waals surface area contributed by atoms with E-state index in [1.54, 1.807) is 0 Å². The number of rotatable bonds is 3. The third-order valence-electron chi connectivity index (χ3n) is 10.0. The van der Waals surface area contributed by atoms with Crippen LogP contribution in [0.4, 0.5) is 0 Å². The van der Waals surface area contributed by atoms with Gasteiger partial charge in [0, 0.05) is 22.1 Å². The molecule has 1 aromatic heterocycles. The molecule has 1 heterocycles. The fraction of sp³-hybridized carbons (Fsp3) is 0. The molecule has 0 saturated carbocycles. The quantitative estimate of drug-likeness (QED) is 0.0633. The average Bonchev–Trinajstić information content (AvgIpc) is 3.60. The van der Waals surface area contributed by atoms with Crippen molar-refractivity contribution in [3.63, 3.8) is 0 Å². The van der Waals surface area contributed by atoms with Crippen LogP contribution in [0, 0.1) is 0 Å². The first-order valence-electron chi connectivity index (χ1n) is 16.2. The van der Waals surface area contributed by atoms with Crippen molar-refractivity contribution in [1.82, 2.24) is 0 Å². The van der Waals surface area contributed by atoms with E-state index in [0.717, 1.165) is 24.3 Å². The summed E-state index contributed by atoms with van der Waals surface area (Å²) in [7, 11) is 0. The molecule has 20 N–H and O–H groups in total. The molecule has 0 radical (unpaired) electrons. The highest BCUT2D eigenvalue weighted by Gasteiger charge is 2.37. The second kappa shape index (κ2) is 11.7. The van der Waals surface area contributed by atoms with Gasteiger partial charge in [-0.2, -0.15) is 0 Å². The Kier molecular flexibility index (Phi) is 7.29. The minimum Gasteiger partial charge on any atom is -0.504 e. The predicted molar refractivity (Wildman–Crippen MR) is 198 cm³/mol. The van der Waals surface area contributed by atoms with Crippen LogP contribution in [0.25, 0.3) is 76.9 Å². The second-order valence-corrected chi connectivity index (χ2v) is 13.1. The summed E-state index contributed by atoms with van der Waals surface area (Å²) in [6, 6.07) is 3.03. The fourth-order valence-electron chi connectivity index (χ4n) is 7.28. The maximum atomic E-state index is 11.6. The van der Waals surface area contributed by atoms with Crippen LogP contribution >= 0.6 is 0 Å². The molecule has 0 saturated heterocycles. The number of benzene rings is 7. The van der Waals surface area contributed by atoms with E-state index in [2.05, 4.69) is 0 Å². The Bertz CT molecular complexity index is 3140. The third-order valence-corrected chi connectivity index (χ3v) is 10.0. The first-order chi connectivity index (χ1) is 27.6. The van der Waals surface area contributed by atoms with Crippen LogP contribution in [0.1, 0.15) is 0 Å². The molecule has 0 amide bonds. The van der Waals surface area contributed by atoms with Crippen LogP contribution in [-0.2, 0) is 0 Å². The highest BCUT2D eigenvalue weighted by molar-refractivity contribution is 6.30. The molecule has 8 aromatic rings. The molecule has 59 heavy (non-hydrogen) atoms. The van der Waals surface area contributed by atoms with Crippen LogP contribution in [0.15, 0.2) is 28.7 Å². The van der Waals surface area contributed by atoms with E-state index < -0.39 is 192 Å². The summed E-state index contributed by atoms with van der Waals surface area (Å²) in [5, 5.41) is 213. The largest absolute Gasteiger partial charge is 0.504 e. The number of phenolic OH excluding ortho intramolecular Hbond substituents is 20. The monoisotopic (exact) mass is 816 g/mol. The molecule has 0 bridgehead atoms. The summed E-state index contributed by atoms with van der Waals surface area (Å²) in [5.74, 6) is -26.1. The van der Waals surface area contributed by atoms with Crippen molar-refractivity contribution < 1.29 is 107 Å². The molecule has 8 rings (SSSR count). The highest BCUT2D eigenvalue weighted by atomic mass is 16.4. The molecule has 0 aliphatic heterocycles. The Morgan fingerprint density at radius 1 is 0.220 bits per heavy atom. The van der Waals surface area contributed by atoms with Crippen molar-refractivity contribution in [2.45, 2.75) is 0 Å². The summed E-state index contributed by atoms with van der Waals surface area (Å²) in [6.07, 6.45) is 0. The van der Waals surface area contributed by atoms with Gasteiger partial charge in [-0.05, 0) is 45.8 Å². The summed E-state index contributed by atoms with van der Waals surface area (Å²) in [5.41, 5.74) is -7.07. The van der Waals surface area contributed by atoms with E-state index in [1.165, 1.54) is 0 Å². The number of furan rings is 1. The van der Waals surface area contributed by atoms with E-state index in [4.69, 9.17) is 4.42 Å². The van der Waals surface area contributed by atoms with Gasteiger partial charge in [-0.15, -0.1) is 0 Å². The van der Waals surface area contributed by atoms with Gasteiger partial charge in [-0.3, -0.25) is 0 Å². The van der Waals surface area contributed by atoms with Crippen LogP contribution < -0.4 is 0 Å². The standard InChI is InChI=1S/C38H24O21/c39-9-1-5-7(3-11(9)41)14(17-22(44)24(46)18(25(47)23(17)45)19-26(48)29(51)33(55)30(52)27(19)49)8-4-12(42)10(40)2-6(8)13(5)15-16-20-28(50)31(53)34(56)36(58)38(20)59-37(16)35(57)32(54)21(15)43/h1-4,39-58H. The molecule has 21 heteroatoms. The maximum absolute atomic E-state index is 11.6. The van der Waals surface area contributed by atoms with Gasteiger partial charge < -0.3 is 107 Å². The molecule has 21 nitrogen and oxygen atoms in total. The topological polar surface area (TPSA) is 418 Å². The van der Waals surface area contributed by atoms with Crippen LogP contribution in [0.2, 0.25) is 0 Å². The lowest BCUT2D eigenvalue weighted by Gasteiger charge is -2.23. The zero-order chi connectivity index (χ0) is 43.2. The first kappa shape index (κ1) is 36.8. The van der Waals surface area contributed by atoms with Gasteiger partial charge in [-0.1, -0.05) is 0 Å². The van der Waals surface area contributed by atoms with Gasteiger partial charge in [0.2, 0.25) is 46.0 Å². The van der Waals surface area contributed by atoms with Crippen molar-refractivity contribution in [3.8, 4) is 148 Å². The maximum Gasteiger partial charge on any atom is 0.208 e. The average molecular weight is 817 g/mol. The van der Waals surface area contributed by atoms with Gasteiger partial charge in [0.15, 0.2) is 80.2 Å². The summed E-state index contributed by atoms with van der Waals surface area (Å²) >= 11 is 0. The smallest absolute Gasteiger partial charge is 0.208 e. The fourth-order valence-corrected chi connectivity index (χ4v) is 7.28. The summed E-state index contributed by atoms with van der Waals surface area (Å²) in [6.45, 7) is 0. The Morgan fingerprint density at radius 3 is 0.847 bits per heavy atom. The minimum absolute atomic E-state index is 0.457. The van der Waals surface area contributed by atoms with E-state index in [0.29, 0.717) is 0 Å². The SMILES string of the molecule is Oc1cc2c(-c3c(O)c(O)c(-c4c(O)c(O)c(O)c(O)c4O)c(O)c3O)c3cc(O)c(O)cc3c(-c3c(O)c(O)c(O)c4oc5c(O)c(O)c(O)c(O)c5c34)c2cc1O. The number of hydrogen-bond acceptors (Lipinski definition) is 21. The highest BCUT2D eigenvalue weighted by Crippen LogP contribution is 2.65. The number of aromatic hydroxyl groups is 20. The molecule has 0 aliphatic rings. The number of phenols is 20. The van der Waals surface area contributed by atoms with E-state index in [1.807, 2.05) is 0 Å². The van der Waals surface area contributed by atoms with E-state index in [-0.39, 0.29) is 0 Å².